The number of para-hydroxylation sites is 1. The van der Waals surface area contributed by atoms with Gasteiger partial charge >= 0.3 is 5.97 Å². The van der Waals surface area contributed by atoms with Crippen LogP contribution in [-0.4, -0.2) is 20.2 Å². The van der Waals surface area contributed by atoms with Gasteiger partial charge in [0.1, 0.15) is 17.2 Å². The summed E-state index contributed by atoms with van der Waals surface area (Å²) in [4.78, 5) is 12.2. The number of nitrogens with zero attached hydrogens (tertiary/aromatic N) is 1. The number of allylic oxidation sites excluding steroid dienone is 1. The van der Waals surface area contributed by atoms with Gasteiger partial charge in [0.2, 0.25) is 0 Å². The van der Waals surface area contributed by atoms with E-state index in [2.05, 4.69) is 6.07 Å². The molecule has 5 nitrogen and oxygen atoms in total. The van der Waals surface area contributed by atoms with Crippen LogP contribution in [0.2, 0.25) is 0 Å². The van der Waals surface area contributed by atoms with Crippen LogP contribution >= 0.6 is 0 Å². The van der Waals surface area contributed by atoms with Crippen molar-refractivity contribution in [3.63, 3.8) is 0 Å². The zero-order valence-corrected chi connectivity index (χ0v) is 16.1. The summed E-state index contributed by atoms with van der Waals surface area (Å²) in [6.07, 6.45) is 1.76. The maximum atomic E-state index is 12.2. The van der Waals surface area contributed by atoms with Gasteiger partial charge in [-0.15, -0.1) is 0 Å². The van der Waals surface area contributed by atoms with Crippen LogP contribution in [0.1, 0.15) is 21.5 Å². The van der Waals surface area contributed by atoms with Gasteiger partial charge in [-0.3, -0.25) is 0 Å². The third-order valence-corrected chi connectivity index (χ3v) is 4.24. The number of methoxy groups -OCH3 is 2. The van der Waals surface area contributed by atoms with Gasteiger partial charge in [-0.1, -0.05) is 24.3 Å². The fourth-order valence-corrected chi connectivity index (χ4v) is 2.73. The number of hydrogen-bond acceptors (Lipinski definition) is 5. The second-order valence-corrected chi connectivity index (χ2v) is 6.06. The Morgan fingerprint density at radius 1 is 0.862 bits per heavy atom. The normalized spacial score (nSPS) is 10.7. The van der Waals surface area contributed by atoms with Gasteiger partial charge in [-0.05, 0) is 60.2 Å². The Bertz CT molecular complexity index is 1060. The van der Waals surface area contributed by atoms with E-state index in [1.54, 1.807) is 68.8 Å². The maximum Gasteiger partial charge on any atom is 0.343 e. The predicted octanol–water partition coefficient (Wildman–Crippen LogP) is 4.99. The third-order valence-electron chi connectivity index (χ3n) is 4.24. The Hall–Kier alpha value is -4.04. The van der Waals surface area contributed by atoms with Crippen molar-refractivity contribution in [1.82, 2.24) is 0 Å². The van der Waals surface area contributed by atoms with Crippen LogP contribution < -0.4 is 14.2 Å². The molecule has 0 heterocycles. The molecular formula is C24H19NO4. The molecule has 0 aliphatic heterocycles. The summed E-state index contributed by atoms with van der Waals surface area (Å²) in [5.41, 5.74) is 2.42. The van der Waals surface area contributed by atoms with E-state index in [-0.39, 0.29) is 0 Å². The van der Waals surface area contributed by atoms with Gasteiger partial charge < -0.3 is 14.2 Å². The predicted molar refractivity (Wildman–Crippen MR) is 111 cm³/mol. The van der Waals surface area contributed by atoms with E-state index in [0.717, 1.165) is 5.56 Å². The summed E-state index contributed by atoms with van der Waals surface area (Å²) in [5.74, 6) is 1.26. The van der Waals surface area contributed by atoms with E-state index in [1.165, 1.54) is 0 Å². The highest BCUT2D eigenvalue weighted by Crippen LogP contribution is 2.27. The molecule has 3 aromatic carbocycles. The number of hydrogen-bond donors (Lipinski definition) is 0. The molecule has 0 saturated carbocycles. The molecule has 0 amide bonds. The number of ether oxygens (including phenoxy) is 3. The molecule has 0 bridgehead atoms. The molecule has 0 fully saturated rings. The lowest BCUT2D eigenvalue weighted by Gasteiger charge is -2.07. The Labute approximate surface area is 169 Å². The van der Waals surface area contributed by atoms with Gasteiger partial charge in [-0.25, -0.2) is 4.79 Å². The van der Waals surface area contributed by atoms with Gasteiger partial charge in [0.05, 0.1) is 31.4 Å². The highest BCUT2D eigenvalue weighted by Gasteiger charge is 2.10. The van der Waals surface area contributed by atoms with Crippen molar-refractivity contribution in [1.29, 1.82) is 5.26 Å². The van der Waals surface area contributed by atoms with Crippen LogP contribution in [0.3, 0.4) is 0 Å². The molecule has 3 aromatic rings. The summed E-state index contributed by atoms with van der Waals surface area (Å²) in [5, 5.41) is 9.55. The van der Waals surface area contributed by atoms with Gasteiger partial charge in [-0.2, -0.15) is 5.26 Å². The molecule has 0 N–H and O–H groups in total. The second kappa shape index (κ2) is 9.25. The number of esters is 1. The monoisotopic (exact) mass is 385 g/mol. The largest absolute Gasteiger partial charge is 0.497 e. The summed E-state index contributed by atoms with van der Waals surface area (Å²) in [6.45, 7) is 0. The molecule has 0 unspecified atom stereocenters. The van der Waals surface area contributed by atoms with Gasteiger partial charge in [0, 0.05) is 5.56 Å². The molecule has 0 aromatic heterocycles. The average Bonchev–Trinajstić information content (AvgIpc) is 2.78. The molecule has 0 radical (unpaired) electrons. The minimum atomic E-state index is -0.456. The standard InChI is InChI=1S/C24H19NO4/c1-27-20-13-9-18(10-14-20)24(26)29-21-11-7-17(8-12-21)15-19(16-25)22-5-3-4-6-23(22)28-2/h3-15H,1-2H3/b19-15-. The van der Waals surface area contributed by atoms with E-state index in [9.17, 15) is 10.1 Å². The lowest BCUT2D eigenvalue weighted by Crippen LogP contribution is -2.08. The molecule has 3 rings (SSSR count). The summed E-state index contributed by atoms with van der Waals surface area (Å²) >= 11 is 0. The molecule has 29 heavy (non-hydrogen) atoms. The number of benzene rings is 3. The van der Waals surface area contributed by atoms with E-state index in [0.29, 0.717) is 33.9 Å². The first-order chi connectivity index (χ1) is 14.1. The van der Waals surface area contributed by atoms with Crippen molar-refractivity contribution in [2.45, 2.75) is 0 Å². The van der Waals surface area contributed by atoms with Crippen molar-refractivity contribution in [3.05, 3.63) is 89.5 Å². The highest BCUT2D eigenvalue weighted by atomic mass is 16.5. The lowest BCUT2D eigenvalue weighted by atomic mass is 10.0. The van der Waals surface area contributed by atoms with Crippen molar-refractivity contribution >= 4 is 17.6 Å². The molecule has 0 atom stereocenters. The number of carbonyl (C=O) groups excluding carboxylic acids is 1. The topological polar surface area (TPSA) is 68.5 Å². The average molecular weight is 385 g/mol. The summed E-state index contributed by atoms with van der Waals surface area (Å²) in [6, 6.07) is 23.2. The zero-order chi connectivity index (χ0) is 20.6. The lowest BCUT2D eigenvalue weighted by molar-refractivity contribution is 0.0734. The minimum Gasteiger partial charge on any atom is -0.497 e. The SMILES string of the molecule is COc1ccc(C(=O)Oc2ccc(/C=C(/C#N)c3ccccc3OC)cc2)cc1. The van der Waals surface area contributed by atoms with Gasteiger partial charge in [0.25, 0.3) is 0 Å². The van der Waals surface area contributed by atoms with E-state index < -0.39 is 5.97 Å². The molecule has 144 valence electrons. The van der Waals surface area contributed by atoms with Crippen molar-refractivity contribution in [2.75, 3.05) is 14.2 Å². The maximum absolute atomic E-state index is 12.2. The Balaban J connectivity index is 1.76. The molecule has 5 heteroatoms. The van der Waals surface area contributed by atoms with E-state index >= 15 is 0 Å². The fraction of sp³-hybridized carbons (Fsp3) is 0.0833. The first-order valence-electron chi connectivity index (χ1n) is 8.86. The first kappa shape index (κ1) is 19.7. The van der Waals surface area contributed by atoms with Crippen LogP contribution in [0.15, 0.2) is 72.8 Å². The van der Waals surface area contributed by atoms with Crippen molar-refractivity contribution in [3.8, 4) is 23.3 Å². The first-order valence-corrected chi connectivity index (χ1v) is 8.86. The van der Waals surface area contributed by atoms with Crippen LogP contribution in [-0.2, 0) is 0 Å². The number of nitriles is 1. The summed E-state index contributed by atoms with van der Waals surface area (Å²) < 4.78 is 15.8. The Morgan fingerprint density at radius 2 is 1.52 bits per heavy atom. The molecular weight excluding hydrogens is 366 g/mol. The molecule has 0 aliphatic carbocycles. The van der Waals surface area contributed by atoms with Crippen LogP contribution in [0.5, 0.6) is 17.2 Å². The minimum absolute atomic E-state index is 0.416. The second-order valence-electron chi connectivity index (χ2n) is 6.06. The third kappa shape index (κ3) is 4.82. The highest BCUT2D eigenvalue weighted by molar-refractivity contribution is 5.92. The quantitative estimate of drug-likeness (QED) is 0.259. The smallest absolute Gasteiger partial charge is 0.343 e. The molecule has 0 aliphatic rings. The zero-order valence-electron chi connectivity index (χ0n) is 16.1. The van der Waals surface area contributed by atoms with Gasteiger partial charge in [0.15, 0.2) is 0 Å². The van der Waals surface area contributed by atoms with E-state index in [4.69, 9.17) is 14.2 Å². The van der Waals surface area contributed by atoms with Crippen LogP contribution in [0.25, 0.3) is 11.6 Å². The van der Waals surface area contributed by atoms with Crippen LogP contribution in [0, 0.1) is 11.3 Å². The fourth-order valence-electron chi connectivity index (χ4n) is 2.73. The molecule has 0 spiro atoms. The van der Waals surface area contributed by atoms with Crippen LogP contribution in [0.4, 0.5) is 0 Å². The molecule has 0 saturated heterocycles. The number of carbonyl (C=O) groups is 1. The summed E-state index contributed by atoms with van der Waals surface area (Å²) in [7, 11) is 3.13. The van der Waals surface area contributed by atoms with E-state index in [1.807, 2.05) is 24.3 Å². The van der Waals surface area contributed by atoms with Crippen molar-refractivity contribution < 1.29 is 19.0 Å². The Kier molecular flexibility index (Phi) is 6.29. The Morgan fingerprint density at radius 3 is 2.14 bits per heavy atom. The van der Waals surface area contributed by atoms with Crippen molar-refractivity contribution in [2.24, 2.45) is 0 Å². The number of rotatable bonds is 6.